The summed E-state index contributed by atoms with van der Waals surface area (Å²) in [4.78, 5) is 128. The second-order valence-corrected chi connectivity index (χ2v) is 41.5. The number of nitrogens with one attached hydrogen (secondary N) is 2. The van der Waals surface area contributed by atoms with Gasteiger partial charge < -0.3 is 80.4 Å². The number of morpholine rings is 4. The number of carbonyl (C=O) groups excluding carboxylic acids is 6. The summed E-state index contributed by atoms with van der Waals surface area (Å²) < 4.78 is 202. The molecule has 21 rings (SSSR count). The normalized spacial score (nSPS) is 20.3. The summed E-state index contributed by atoms with van der Waals surface area (Å²) in [6, 6.07) is 34.9. The monoisotopic (exact) mass is 2100 g/mol. The Hall–Kier alpha value is -14.3. The fourth-order valence-electron chi connectivity index (χ4n) is 20.9. The molecule has 0 radical (unpaired) electrons. The molecule has 5 unspecified atom stereocenters. The van der Waals surface area contributed by atoms with Crippen LogP contribution in [0.15, 0.2) is 197 Å². The lowest BCUT2D eigenvalue weighted by atomic mass is 9.87. The van der Waals surface area contributed by atoms with Crippen molar-refractivity contribution in [3.8, 4) is 51.1 Å². The number of hydrogen-bond donors (Lipinski definition) is 2. The van der Waals surface area contributed by atoms with Crippen LogP contribution >= 0.6 is 15.5 Å². The highest BCUT2D eigenvalue weighted by Gasteiger charge is 2.55. The SMILES string of the molecule is CCOC(=O)OCOc1c2n(ccc1=O)N([C@@H]1c3ccccc3N3CCOCC3c3c1ccc(F)c3F)[C@@H]1COCCN1C2=O.CCOP(=O)(N[C@@H](C(=O)OC)C(C)(C)C)Oc1c2n(ccc1=O)N(C1c3ccccc3-n3cccc3-c3c1ccc(F)c3F)C1COCCN1C2=O.CCOP(=O)(N[C@@H](C(=O)OC)C(C)(C)C)Oc1c2n(ccc1=O)N([C@@H]1c3ccccc3-n3cccc3-c3c1ccc(F)c3F)[C@@H]1COCCN1C2=O. The summed E-state index contributed by atoms with van der Waals surface area (Å²) in [5.41, 5.74) is 1.92. The smallest absolute Gasteiger partial charge is 0.468 e. The summed E-state index contributed by atoms with van der Waals surface area (Å²) in [7, 11) is -6.79. The van der Waals surface area contributed by atoms with Gasteiger partial charge in [0, 0.05) is 114 Å². The third-order valence-electron chi connectivity index (χ3n) is 27.4. The van der Waals surface area contributed by atoms with Crippen LogP contribution in [0, 0.1) is 45.7 Å². The molecule has 46 heteroatoms. The number of carbonyl (C=O) groups is 6. The van der Waals surface area contributed by atoms with E-state index in [9.17, 15) is 56.7 Å². The van der Waals surface area contributed by atoms with Crippen LogP contribution in [-0.2, 0) is 65.7 Å². The molecule has 10 aliphatic heterocycles. The molecule has 0 saturated carbocycles. The summed E-state index contributed by atoms with van der Waals surface area (Å²) in [6.45, 7) is 16.3. The standard InChI is InChI=1S/2C36H38F2N5O8P.C31H30F2N4O8/c2*1-6-50-52(47,39-33(35(46)48-5)36(2,3)4)51-32-26(44)15-17-42-31(32)34(45)41-18-19-49-20-27(41)43(42)30-21-10-7-8-11-24(21)40-16-9-12-25(40)28-22(30)13-14-23(37)29(28)38;1-2-43-31(40)45-17-44-29-23(38)9-10-36-28(29)30(39)35-12-14-42-16-24(35)37(36)27-18-5-3-4-6-21(18)34-11-13-41-15-22(34)25-19(27)7-8-20(32)26(25)33/h2*7-17,27,30,33H,6,18-20H2,1-5H3,(H,39,47);3-10,22,24,27H,2,11-17H2,1H3/t27?,30?,33-,52?;27-,30-,33+,52?;22?,24-,27-/m011/s1. The van der Waals surface area contributed by atoms with E-state index in [1.54, 1.807) is 129 Å². The average Bonchev–Trinajstić information content (AvgIpc) is 1.67. The lowest BCUT2D eigenvalue weighted by molar-refractivity contribution is -0.146. The minimum atomic E-state index is -4.58. The quantitative estimate of drug-likeness (QED) is 0.0222. The molecule has 784 valence electrons. The molecular weight excluding hydrogens is 1990 g/mol. The van der Waals surface area contributed by atoms with E-state index in [1.165, 1.54) is 74.8 Å². The Labute approximate surface area is 848 Å². The fraction of sp³-hybridized carbons (Fsp3) is 0.369. The van der Waals surface area contributed by atoms with Gasteiger partial charge in [0.2, 0.25) is 40.3 Å². The molecule has 5 aromatic heterocycles. The number of esters is 2. The van der Waals surface area contributed by atoms with Crippen LogP contribution in [-0.4, -0.2) is 224 Å². The zero-order valence-corrected chi connectivity index (χ0v) is 84.4. The van der Waals surface area contributed by atoms with Gasteiger partial charge in [-0.2, -0.15) is 10.2 Å². The molecule has 3 amide bonds. The predicted molar refractivity (Wildman–Crippen MR) is 525 cm³/mol. The number of nitrogens with zero attached hydrogens (tertiary/aromatic N) is 12. The van der Waals surface area contributed by atoms with Gasteiger partial charge in [0.05, 0.1) is 116 Å². The molecule has 10 aliphatic rings. The van der Waals surface area contributed by atoms with Crippen LogP contribution in [0.2, 0.25) is 0 Å². The highest BCUT2D eigenvalue weighted by Crippen LogP contribution is 2.55. The first-order chi connectivity index (χ1) is 71.5. The van der Waals surface area contributed by atoms with Crippen molar-refractivity contribution in [3.05, 3.63) is 304 Å². The molecule has 11 aromatic rings. The van der Waals surface area contributed by atoms with E-state index < -0.39 is 186 Å². The average molecular weight is 2100 g/mol. The van der Waals surface area contributed by atoms with Crippen LogP contribution in [0.3, 0.4) is 0 Å². The first-order valence-corrected chi connectivity index (χ1v) is 51.3. The molecule has 4 fully saturated rings. The lowest BCUT2D eigenvalue weighted by Gasteiger charge is -2.51. The molecule has 11 atom stereocenters. The number of pyridine rings is 3. The summed E-state index contributed by atoms with van der Waals surface area (Å²) >= 11 is 0. The van der Waals surface area contributed by atoms with Crippen molar-refractivity contribution in [2.24, 2.45) is 10.8 Å². The molecule has 149 heavy (non-hydrogen) atoms. The number of halogens is 6. The second kappa shape index (κ2) is 41.3. The van der Waals surface area contributed by atoms with Crippen molar-refractivity contribution in [3.63, 3.8) is 0 Å². The van der Waals surface area contributed by atoms with E-state index in [4.69, 9.17) is 60.7 Å². The van der Waals surface area contributed by atoms with E-state index in [2.05, 4.69) is 10.2 Å². The molecule has 4 saturated heterocycles. The number of amides is 3. The Morgan fingerprint density at radius 1 is 0.409 bits per heavy atom. The Balaban J connectivity index is 0.000000141. The number of fused-ring (bicyclic) bond motifs is 21. The van der Waals surface area contributed by atoms with E-state index in [1.807, 2.05) is 82.7 Å². The predicted octanol–water partition coefficient (Wildman–Crippen LogP) is 13.3. The molecule has 0 aliphatic carbocycles. The molecule has 38 nitrogen and oxygen atoms in total. The van der Waals surface area contributed by atoms with Crippen LogP contribution in [0.5, 0.6) is 17.2 Å². The van der Waals surface area contributed by atoms with Gasteiger partial charge in [-0.05, 0) is 109 Å². The van der Waals surface area contributed by atoms with Gasteiger partial charge in [0.25, 0.3) is 17.7 Å². The minimum absolute atomic E-state index is 0.0199. The maximum atomic E-state index is 16.1. The summed E-state index contributed by atoms with van der Waals surface area (Å²) in [5, 5.41) is 10.7. The first kappa shape index (κ1) is 103. The lowest BCUT2D eigenvalue weighted by Crippen LogP contribution is -2.66. The number of para-hydroxylation sites is 3. The number of aromatic nitrogens is 5. The minimum Gasteiger partial charge on any atom is -0.468 e. The second-order valence-electron chi connectivity index (χ2n) is 38.1. The molecular formula is C103H106F6N14O24P2. The van der Waals surface area contributed by atoms with Gasteiger partial charge in [-0.25, -0.2) is 40.3 Å². The van der Waals surface area contributed by atoms with E-state index in [-0.39, 0.29) is 125 Å². The first-order valence-electron chi connectivity index (χ1n) is 48.2. The Kier molecular flexibility index (Phi) is 28.6. The zero-order chi connectivity index (χ0) is 105. The number of benzene rings is 6. The zero-order valence-electron chi connectivity index (χ0n) is 82.7. The number of rotatable bonds is 21. The number of hydrogen-bond acceptors (Lipinski definition) is 28. The highest BCUT2D eigenvalue weighted by atomic mass is 31.2. The number of methoxy groups -OCH3 is 2. The molecule has 0 spiro atoms. The van der Waals surface area contributed by atoms with Gasteiger partial charge in [0.15, 0.2) is 52.0 Å². The summed E-state index contributed by atoms with van der Waals surface area (Å²) in [5.74, 6) is -10.9. The van der Waals surface area contributed by atoms with Gasteiger partial charge >= 0.3 is 33.6 Å². The van der Waals surface area contributed by atoms with Crippen molar-refractivity contribution in [1.29, 1.82) is 0 Å². The highest BCUT2D eigenvalue weighted by molar-refractivity contribution is 7.52. The van der Waals surface area contributed by atoms with Crippen LogP contribution in [0.25, 0.3) is 33.9 Å². The fourth-order valence-corrected chi connectivity index (χ4v) is 24.4. The van der Waals surface area contributed by atoms with Crippen molar-refractivity contribution < 1.29 is 125 Å². The van der Waals surface area contributed by atoms with E-state index in [0.717, 1.165) is 41.6 Å². The van der Waals surface area contributed by atoms with Gasteiger partial charge in [-0.3, -0.25) is 76.5 Å². The van der Waals surface area contributed by atoms with Gasteiger partial charge in [-0.15, -0.1) is 0 Å². The van der Waals surface area contributed by atoms with Gasteiger partial charge in [-0.1, -0.05) is 114 Å². The van der Waals surface area contributed by atoms with E-state index >= 15 is 22.0 Å². The third kappa shape index (κ3) is 18.5. The Morgan fingerprint density at radius 3 is 1.17 bits per heavy atom. The Morgan fingerprint density at radius 2 is 0.772 bits per heavy atom. The van der Waals surface area contributed by atoms with Crippen molar-refractivity contribution in [2.45, 2.75) is 117 Å². The largest absolute Gasteiger partial charge is 0.511 e. The third-order valence-corrected chi connectivity index (χ3v) is 30.6. The van der Waals surface area contributed by atoms with Crippen molar-refractivity contribution >= 4 is 57.0 Å². The molecule has 6 aromatic carbocycles. The number of ether oxygens (including phenoxy) is 9. The van der Waals surface area contributed by atoms with Crippen molar-refractivity contribution in [2.75, 3.05) is 140 Å². The maximum absolute atomic E-state index is 16.1. The summed E-state index contributed by atoms with van der Waals surface area (Å²) in [6.07, 6.45) is 4.43. The molecule has 2 N–H and O–H groups in total. The molecule has 0 bridgehead atoms. The Bertz CT molecular complexity index is 7130. The molecule has 15 heterocycles. The van der Waals surface area contributed by atoms with E-state index in [0.29, 0.717) is 63.7 Å². The number of anilines is 1. The van der Waals surface area contributed by atoms with Gasteiger partial charge in [0.1, 0.15) is 48.7 Å². The van der Waals surface area contributed by atoms with Crippen molar-refractivity contribution in [1.82, 2.24) is 48.0 Å². The topological polar surface area (TPSA) is 379 Å². The maximum Gasteiger partial charge on any atom is 0.511 e. The van der Waals surface area contributed by atoms with Crippen LogP contribution in [0.1, 0.15) is 157 Å². The van der Waals surface area contributed by atoms with Crippen LogP contribution in [0.4, 0.5) is 36.8 Å². The van der Waals surface area contributed by atoms with Crippen LogP contribution < -0.4 is 60.2 Å².